The summed E-state index contributed by atoms with van der Waals surface area (Å²) in [6.45, 7) is 6.31. The van der Waals surface area contributed by atoms with E-state index in [1.807, 2.05) is 6.92 Å². The van der Waals surface area contributed by atoms with Gasteiger partial charge in [0.15, 0.2) is 11.4 Å². The van der Waals surface area contributed by atoms with Crippen LogP contribution >= 0.6 is 31.1 Å². The third-order valence-corrected chi connectivity index (χ3v) is 9.64. The summed E-state index contributed by atoms with van der Waals surface area (Å²) in [4.78, 5) is 52.6. The van der Waals surface area contributed by atoms with Crippen LogP contribution in [0, 0.1) is 5.92 Å². The first-order chi connectivity index (χ1) is 23.0. The van der Waals surface area contributed by atoms with E-state index in [9.17, 15) is 28.3 Å². The molecule has 0 radical (unpaired) electrons. The minimum absolute atomic E-state index is 0.0521. The topological polar surface area (TPSA) is 145 Å². The molecular formula is C34H29Cl2N2O9P. The molecule has 48 heavy (non-hydrogen) atoms. The number of hydrogen-bond donors (Lipinski definition) is 1. The second kappa shape index (κ2) is 13.2. The van der Waals surface area contributed by atoms with E-state index >= 15 is 0 Å². The molecule has 1 aliphatic carbocycles. The summed E-state index contributed by atoms with van der Waals surface area (Å²) in [5.74, 6) is -1.93. The van der Waals surface area contributed by atoms with Gasteiger partial charge in [0, 0.05) is 58.1 Å². The van der Waals surface area contributed by atoms with Crippen LogP contribution in [0.2, 0.25) is 10.0 Å². The first kappa shape index (κ1) is 33.5. The lowest BCUT2D eigenvalue weighted by Crippen LogP contribution is -2.35. The fraction of sp³-hybridized carbons (Fsp3) is 0.294. The van der Waals surface area contributed by atoms with Crippen LogP contribution in [0.1, 0.15) is 55.7 Å². The molecule has 3 aliphatic heterocycles. The molecule has 2 atom stereocenters. The van der Waals surface area contributed by atoms with E-state index < -0.39 is 25.4 Å². The highest BCUT2D eigenvalue weighted by atomic mass is 35.5. The molecule has 11 nitrogen and oxygen atoms in total. The Balaban J connectivity index is 1.21. The highest BCUT2D eigenvalue weighted by Crippen LogP contribution is 2.59. The number of carbonyl (C=O) groups excluding carboxylic acids is 4. The van der Waals surface area contributed by atoms with Gasteiger partial charge in [-0.3, -0.25) is 19.3 Å². The van der Waals surface area contributed by atoms with E-state index in [4.69, 9.17) is 37.2 Å². The van der Waals surface area contributed by atoms with Gasteiger partial charge < -0.3 is 19.3 Å². The number of ether oxygens (including phenoxy) is 2. The first-order valence-corrected chi connectivity index (χ1v) is 17.1. The number of benzene rings is 2. The van der Waals surface area contributed by atoms with Crippen molar-refractivity contribution in [1.29, 1.82) is 0 Å². The lowest BCUT2D eigenvalue weighted by molar-refractivity contribution is -0.145. The largest absolute Gasteiger partial charge is 0.529 e. The third kappa shape index (κ3) is 5.80. The van der Waals surface area contributed by atoms with Gasteiger partial charge in [-0.25, -0.2) is 4.79 Å². The van der Waals surface area contributed by atoms with Crippen molar-refractivity contribution in [2.24, 2.45) is 5.92 Å². The minimum Gasteiger partial charge on any atom is -0.456 e. The molecule has 1 spiro atoms. The molecule has 0 fully saturated rings. The number of fused-ring (bicyclic) bond motifs is 5. The average Bonchev–Trinajstić information content (AvgIpc) is 3.49. The number of hydrogen-bond acceptors (Lipinski definition) is 9. The fourth-order valence-corrected chi connectivity index (χ4v) is 7.23. The standard InChI is InChI=1S/C34H29Cl2N2O9P/c1-3-7-20-14-30(39)38(32(20)41)11-6-5-10-37-31(40)19-8-9-22-21(12-19)33(42)46-34(22)23-15-25(35)18(4-2)13-27(23)45-28-17-29(47-48(43)44)26(36)16-24(28)34/h4,8-9,13-17,19H,2-3,5-7,10-12H2,1H3,(H,37,40). The van der Waals surface area contributed by atoms with E-state index in [-0.39, 0.29) is 58.5 Å². The summed E-state index contributed by atoms with van der Waals surface area (Å²) >= 11 is 13.0. The van der Waals surface area contributed by atoms with Gasteiger partial charge >= 0.3 is 13.9 Å². The summed E-state index contributed by atoms with van der Waals surface area (Å²) in [5, 5.41) is 3.14. The monoisotopic (exact) mass is 710 g/mol. The summed E-state index contributed by atoms with van der Waals surface area (Å²) in [6, 6.07) is 5.97. The van der Waals surface area contributed by atoms with Crippen LogP contribution in [-0.4, -0.2) is 41.7 Å². The molecule has 248 valence electrons. The number of rotatable bonds is 11. The Labute approximate surface area is 286 Å². The number of unbranched alkanes of at least 4 members (excludes halogenated alkanes) is 1. The molecule has 14 heteroatoms. The van der Waals surface area contributed by atoms with E-state index in [0.29, 0.717) is 58.7 Å². The number of nitrogens with zero attached hydrogens (tertiary/aromatic N) is 1. The summed E-state index contributed by atoms with van der Waals surface area (Å²) in [6.07, 6.45) is 8.73. The molecule has 3 amide bonds. The van der Waals surface area contributed by atoms with E-state index in [1.165, 1.54) is 29.2 Å². The van der Waals surface area contributed by atoms with Gasteiger partial charge in [-0.15, -0.1) is 0 Å². The van der Waals surface area contributed by atoms with Crippen LogP contribution < -0.4 is 14.6 Å². The molecule has 1 N–H and O–H groups in total. The van der Waals surface area contributed by atoms with Gasteiger partial charge in [-0.1, -0.05) is 61.4 Å². The van der Waals surface area contributed by atoms with Crippen LogP contribution in [-0.2, 0) is 38.6 Å². The van der Waals surface area contributed by atoms with Crippen LogP contribution in [0.25, 0.3) is 6.08 Å². The zero-order valence-electron chi connectivity index (χ0n) is 25.7. The van der Waals surface area contributed by atoms with Gasteiger partial charge in [0.1, 0.15) is 11.5 Å². The maximum atomic E-state index is 13.6. The summed E-state index contributed by atoms with van der Waals surface area (Å²) < 4.78 is 39.9. The Hall–Kier alpha value is -4.44. The van der Waals surface area contributed by atoms with Crippen molar-refractivity contribution in [1.82, 2.24) is 10.2 Å². The van der Waals surface area contributed by atoms with Crippen molar-refractivity contribution in [2.45, 2.75) is 44.6 Å². The number of nitrogens with one attached hydrogen (secondary N) is 1. The molecule has 0 saturated heterocycles. The Bertz CT molecular complexity index is 1960. The predicted octanol–water partition coefficient (Wildman–Crippen LogP) is 6.87. The zero-order chi connectivity index (χ0) is 34.3. The van der Waals surface area contributed by atoms with Crippen molar-refractivity contribution in [3.63, 3.8) is 0 Å². The molecule has 4 aliphatic rings. The Kier molecular flexibility index (Phi) is 9.22. The minimum atomic E-state index is -3.28. The van der Waals surface area contributed by atoms with Crippen molar-refractivity contribution >= 4 is 60.9 Å². The Morgan fingerprint density at radius 2 is 1.85 bits per heavy atom. The molecule has 6 rings (SSSR count). The second-order valence-electron chi connectivity index (χ2n) is 11.6. The second-order valence-corrected chi connectivity index (χ2v) is 13.1. The van der Waals surface area contributed by atoms with Crippen molar-refractivity contribution in [3.8, 4) is 17.2 Å². The molecular weight excluding hydrogens is 682 g/mol. The maximum absolute atomic E-state index is 13.6. The SMILES string of the molecule is C=Cc1cc2c(cc1Cl)C1(OC(=O)C3=C1C=CC(C(=O)NCCCCN1C(=O)C=C(CCC)C1=O)C3)c1cc(Cl)c(OP(=O)=O)cc1O2. The number of esters is 1. The summed E-state index contributed by atoms with van der Waals surface area (Å²) in [7, 11) is -3.28. The highest BCUT2D eigenvalue weighted by Gasteiger charge is 2.55. The lowest BCUT2D eigenvalue weighted by atomic mass is 9.74. The van der Waals surface area contributed by atoms with Gasteiger partial charge in [0.2, 0.25) is 5.91 Å². The van der Waals surface area contributed by atoms with Gasteiger partial charge in [-0.05, 0) is 49.4 Å². The first-order valence-electron chi connectivity index (χ1n) is 15.3. The average molecular weight is 711 g/mol. The highest BCUT2D eigenvalue weighted by molar-refractivity contribution is 7.25. The van der Waals surface area contributed by atoms with E-state index in [1.54, 1.807) is 24.3 Å². The lowest BCUT2D eigenvalue weighted by Gasteiger charge is -2.38. The Morgan fingerprint density at radius 1 is 1.12 bits per heavy atom. The van der Waals surface area contributed by atoms with Crippen molar-refractivity contribution < 1.29 is 42.3 Å². The number of halogens is 2. The molecule has 2 aromatic carbocycles. The molecule has 3 heterocycles. The smallest absolute Gasteiger partial charge is 0.456 e. The van der Waals surface area contributed by atoms with Crippen LogP contribution in [0.4, 0.5) is 0 Å². The normalized spacial score (nSPS) is 20.6. The van der Waals surface area contributed by atoms with Gasteiger partial charge in [0.05, 0.1) is 10.9 Å². The van der Waals surface area contributed by atoms with E-state index in [0.717, 1.165) is 6.42 Å². The quantitative estimate of drug-likeness (QED) is 0.114. The summed E-state index contributed by atoms with van der Waals surface area (Å²) in [5.41, 5.74) is 0.956. The molecule has 0 bridgehead atoms. The third-order valence-electron chi connectivity index (χ3n) is 8.67. The Morgan fingerprint density at radius 3 is 2.56 bits per heavy atom. The number of carbonyl (C=O) groups is 4. The zero-order valence-corrected chi connectivity index (χ0v) is 28.1. The van der Waals surface area contributed by atoms with Gasteiger partial charge in [0.25, 0.3) is 11.8 Å². The molecule has 2 unspecified atom stereocenters. The van der Waals surface area contributed by atoms with E-state index in [2.05, 4.69) is 11.9 Å². The molecule has 0 aromatic heterocycles. The van der Waals surface area contributed by atoms with Crippen LogP contribution in [0.3, 0.4) is 0 Å². The molecule has 0 saturated carbocycles. The molecule has 2 aromatic rings. The van der Waals surface area contributed by atoms with Crippen molar-refractivity contribution in [2.75, 3.05) is 13.1 Å². The maximum Gasteiger partial charge on any atom is 0.529 e. The predicted molar refractivity (Wildman–Crippen MR) is 175 cm³/mol. The number of amides is 3. The fourth-order valence-electron chi connectivity index (χ4n) is 6.42. The van der Waals surface area contributed by atoms with Crippen LogP contribution in [0.5, 0.6) is 17.2 Å². The van der Waals surface area contributed by atoms with Crippen LogP contribution in [0.15, 0.2) is 65.8 Å². The van der Waals surface area contributed by atoms with Crippen molar-refractivity contribution in [3.05, 3.63) is 92.5 Å². The van der Waals surface area contributed by atoms with Gasteiger partial charge in [-0.2, -0.15) is 9.13 Å². The number of imide groups is 1.